The molecular formula is C18H13N2O+. The molecule has 0 atom stereocenters. The fourth-order valence-electron chi connectivity index (χ4n) is 2.45. The van der Waals surface area contributed by atoms with Gasteiger partial charge in [0, 0.05) is 35.2 Å². The lowest BCUT2D eigenvalue weighted by molar-refractivity contribution is -0.595. The molecule has 0 saturated heterocycles. The van der Waals surface area contributed by atoms with Gasteiger partial charge in [-0.05, 0) is 12.1 Å². The molecule has 0 aliphatic rings. The van der Waals surface area contributed by atoms with Crippen molar-refractivity contribution in [1.82, 2.24) is 5.16 Å². The average molecular weight is 273 g/mol. The summed E-state index contributed by atoms with van der Waals surface area (Å²) in [6.07, 6.45) is 4.07. The van der Waals surface area contributed by atoms with Crippen molar-refractivity contribution in [2.45, 2.75) is 0 Å². The molecule has 0 amide bonds. The summed E-state index contributed by atoms with van der Waals surface area (Å²) in [5.41, 5.74) is 3.87. The van der Waals surface area contributed by atoms with Crippen LogP contribution in [0.3, 0.4) is 0 Å². The molecule has 0 fully saturated rings. The molecule has 2 aromatic carbocycles. The molecule has 3 heteroatoms. The molecule has 0 bridgehead atoms. The van der Waals surface area contributed by atoms with Crippen LogP contribution in [-0.4, -0.2) is 5.16 Å². The van der Waals surface area contributed by atoms with E-state index in [0.29, 0.717) is 0 Å². The molecule has 0 N–H and O–H groups in total. The van der Waals surface area contributed by atoms with Gasteiger partial charge in [0.15, 0.2) is 18.0 Å². The third-order valence-electron chi connectivity index (χ3n) is 3.53. The molecule has 0 spiro atoms. The van der Waals surface area contributed by atoms with E-state index >= 15 is 0 Å². The van der Waals surface area contributed by atoms with Crippen molar-refractivity contribution in [3.05, 3.63) is 79.1 Å². The van der Waals surface area contributed by atoms with Crippen molar-refractivity contribution in [3.63, 3.8) is 0 Å². The number of aromatic nitrogens is 2. The minimum atomic E-state index is 0.812. The monoisotopic (exact) mass is 273 g/mol. The molecular weight excluding hydrogens is 260 g/mol. The maximum absolute atomic E-state index is 5.36. The number of rotatable bonds is 2. The summed E-state index contributed by atoms with van der Waals surface area (Å²) in [6.45, 7) is 0. The Balaban J connectivity index is 1.77. The second-order valence-corrected chi connectivity index (χ2v) is 4.86. The Morgan fingerprint density at radius 2 is 1.48 bits per heavy atom. The highest BCUT2D eigenvalue weighted by Gasteiger charge is 2.11. The molecule has 21 heavy (non-hydrogen) atoms. The van der Waals surface area contributed by atoms with E-state index in [1.165, 1.54) is 0 Å². The zero-order valence-electron chi connectivity index (χ0n) is 11.3. The highest BCUT2D eigenvalue weighted by atomic mass is 16.5. The summed E-state index contributed by atoms with van der Waals surface area (Å²) < 4.78 is 7.44. The topological polar surface area (TPSA) is 29.9 Å². The van der Waals surface area contributed by atoms with Crippen LogP contribution in [0.4, 0.5) is 0 Å². The summed E-state index contributed by atoms with van der Waals surface area (Å²) in [5.74, 6) is 0. The Hall–Kier alpha value is -2.94. The number of pyridine rings is 1. The highest BCUT2D eigenvalue weighted by molar-refractivity contribution is 5.91. The summed E-state index contributed by atoms with van der Waals surface area (Å²) in [7, 11) is 0. The van der Waals surface area contributed by atoms with E-state index in [0.717, 1.165) is 27.9 Å². The van der Waals surface area contributed by atoms with Gasteiger partial charge in [0.2, 0.25) is 5.69 Å². The molecule has 3 nitrogen and oxygen atoms in total. The number of benzene rings is 2. The van der Waals surface area contributed by atoms with Gasteiger partial charge in [-0.2, -0.15) is 4.57 Å². The first-order valence-electron chi connectivity index (χ1n) is 6.83. The van der Waals surface area contributed by atoms with Crippen LogP contribution in [0, 0.1) is 0 Å². The second kappa shape index (κ2) is 4.87. The van der Waals surface area contributed by atoms with Gasteiger partial charge in [-0.3, -0.25) is 0 Å². The van der Waals surface area contributed by atoms with Crippen molar-refractivity contribution < 1.29 is 9.09 Å². The number of para-hydroxylation sites is 2. The average Bonchev–Trinajstić information content (AvgIpc) is 3.00. The quantitative estimate of drug-likeness (QED) is 0.520. The van der Waals surface area contributed by atoms with Crippen LogP contribution in [0.15, 0.2) is 83.6 Å². The molecule has 0 saturated carbocycles. The van der Waals surface area contributed by atoms with Gasteiger partial charge in [-0.25, -0.2) is 0 Å². The summed E-state index contributed by atoms with van der Waals surface area (Å²) in [6, 6.07) is 22.2. The van der Waals surface area contributed by atoms with Gasteiger partial charge >= 0.3 is 0 Å². The summed E-state index contributed by atoms with van der Waals surface area (Å²) >= 11 is 0. The third kappa shape index (κ3) is 2.09. The SMILES string of the molecule is c1ccc(-[n+]2ccc(-c3noc4ccccc34)cc2)cc1. The minimum Gasteiger partial charge on any atom is -0.356 e. The maximum atomic E-state index is 5.36. The van der Waals surface area contributed by atoms with Gasteiger partial charge < -0.3 is 4.52 Å². The van der Waals surface area contributed by atoms with Crippen LogP contribution >= 0.6 is 0 Å². The number of fused-ring (bicyclic) bond motifs is 1. The molecule has 0 unspecified atom stereocenters. The predicted octanol–water partition coefficient (Wildman–Crippen LogP) is 3.77. The van der Waals surface area contributed by atoms with E-state index in [1.807, 2.05) is 54.9 Å². The standard InChI is InChI=1S/C18H13N2O/c1-2-6-15(7-3-1)20-12-10-14(11-13-20)18-16-8-4-5-9-17(16)21-19-18/h1-13H/q+1. The van der Waals surface area contributed by atoms with E-state index in [9.17, 15) is 0 Å². The Kier molecular flexibility index (Phi) is 2.75. The van der Waals surface area contributed by atoms with Crippen LogP contribution < -0.4 is 4.57 Å². The molecule has 4 aromatic rings. The maximum Gasteiger partial charge on any atom is 0.210 e. The van der Waals surface area contributed by atoms with E-state index < -0.39 is 0 Å². The Morgan fingerprint density at radius 3 is 2.29 bits per heavy atom. The first kappa shape index (κ1) is 11.9. The van der Waals surface area contributed by atoms with Gasteiger partial charge in [0.25, 0.3) is 0 Å². The fourth-order valence-corrected chi connectivity index (χ4v) is 2.45. The Bertz CT molecular complexity index is 880. The second-order valence-electron chi connectivity index (χ2n) is 4.86. The Morgan fingerprint density at radius 1 is 0.762 bits per heavy atom. The van der Waals surface area contributed by atoms with Crippen LogP contribution in [0.25, 0.3) is 27.9 Å². The minimum absolute atomic E-state index is 0.812. The number of nitrogens with zero attached hydrogens (tertiary/aromatic N) is 2. The predicted molar refractivity (Wildman–Crippen MR) is 81.0 cm³/mol. The van der Waals surface area contributed by atoms with Gasteiger partial charge in [-0.1, -0.05) is 35.5 Å². The zero-order chi connectivity index (χ0) is 14.1. The molecule has 0 aliphatic carbocycles. The molecule has 2 heterocycles. The lowest BCUT2D eigenvalue weighted by Crippen LogP contribution is -2.28. The van der Waals surface area contributed by atoms with E-state index in [1.54, 1.807) is 0 Å². The number of hydrogen-bond acceptors (Lipinski definition) is 2. The van der Waals surface area contributed by atoms with Gasteiger partial charge in [-0.15, -0.1) is 0 Å². The fraction of sp³-hybridized carbons (Fsp3) is 0. The van der Waals surface area contributed by atoms with Crippen LogP contribution in [-0.2, 0) is 0 Å². The third-order valence-corrected chi connectivity index (χ3v) is 3.53. The Labute approximate surface area is 122 Å². The molecule has 100 valence electrons. The van der Waals surface area contributed by atoms with Crippen molar-refractivity contribution in [1.29, 1.82) is 0 Å². The lowest BCUT2D eigenvalue weighted by Gasteiger charge is -1.97. The van der Waals surface area contributed by atoms with Crippen molar-refractivity contribution in [3.8, 4) is 16.9 Å². The van der Waals surface area contributed by atoms with E-state index in [2.05, 4.69) is 34.0 Å². The van der Waals surface area contributed by atoms with Crippen molar-refractivity contribution in [2.24, 2.45) is 0 Å². The molecule has 2 aromatic heterocycles. The van der Waals surface area contributed by atoms with Crippen molar-refractivity contribution >= 4 is 11.0 Å². The summed E-state index contributed by atoms with van der Waals surface area (Å²) in [4.78, 5) is 0. The van der Waals surface area contributed by atoms with Gasteiger partial charge in [0.1, 0.15) is 5.69 Å². The van der Waals surface area contributed by atoms with E-state index in [4.69, 9.17) is 4.52 Å². The van der Waals surface area contributed by atoms with Crippen LogP contribution in [0.1, 0.15) is 0 Å². The zero-order valence-corrected chi connectivity index (χ0v) is 11.3. The lowest BCUT2D eigenvalue weighted by atomic mass is 10.1. The molecule has 4 rings (SSSR count). The highest BCUT2D eigenvalue weighted by Crippen LogP contribution is 2.26. The van der Waals surface area contributed by atoms with Crippen LogP contribution in [0.5, 0.6) is 0 Å². The van der Waals surface area contributed by atoms with Crippen molar-refractivity contribution in [2.75, 3.05) is 0 Å². The molecule has 0 aliphatic heterocycles. The summed E-state index contributed by atoms with van der Waals surface area (Å²) in [5, 5.41) is 5.22. The first-order valence-corrected chi connectivity index (χ1v) is 6.83. The van der Waals surface area contributed by atoms with Crippen LogP contribution in [0.2, 0.25) is 0 Å². The number of hydrogen-bond donors (Lipinski definition) is 0. The van der Waals surface area contributed by atoms with E-state index in [-0.39, 0.29) is 0 Å². The molecule has 0 radical (unpaired) electrons. The normalized spacial score (nSPS) is 10.9. The largest absolute Gasteiger partial charge is 0.356 e. The smallest absolute Gasteiger partial charge is 0.210 e. The van der Waals surface area contributed by atoms with Gasteiger partial charge in [0.05, 0.1) is 0 Å². The first-order chi connectivity index (χ1) is 10.4.